The molecule has 2 aromatic carbocycles. The van der Waals surface area contributed by atoms with Gasteiger partial charge in [-0.25, -0.2) is 9.78 Å². The van der Waals surface area contributed by atoms with Gasteiger partial charge < -0.3 is 9.84 Å². The van der Waals surface area contributed by atoms with E-state index in [1.807, 2.05) is 30.3 Å². The van der Waals surface area contributed by atoms with Crippen molar-refractivity contribution in [3.05, 3.63) is 77.5 Å². The van der Waals surface area contributed by atoms with Gasteiger partial charge in [-0.2, -0.15) is 0 Å². The molecular weight excluding hydrogens is 278 g/mol. The Morgan fingerprint density at radius 3 is 2.50 bits per heavy atom. The van der Waals surface area contributed by atoms with Crippen molar-refractivity contribution in [1.29, 1.82) is 0 Å². The van der Waals surface area contributed by atoms with E-state index in [2.05, 4.69) is 9.72 Å². The van der Waals surface area contributed by atoms with Crippen LogP contribution < -0.4 is 0 Å². The number of aliphatic hydroxyl groups is 1. The summed E-state index contributed by atoms with van der Waals surface area (Å²) in [5.74, 6) is -0.398. The van der Waals surface area contributed by atoms with Crippen molar-refractivity contribution in [2.45, 2.75) is 6.10 Å². The van der Waals surface area contributed by atoms with Crippen molar-refractivity contribution >= 4 is 16.9 Å². The number of carbonyl (C=O) groups is 1. The van der Waals surface area contributed by atoms with E-state index in [-0.39, 0.29) is 0 Å². The fourth-order valence-corrected chi connectivity index (χ4v) is 2.32. The molecule has 0 spiro atoms. The topological polar surface area (TPSA) is 59.4 Å². The van der Waals surface area contributed by atoms with Gasteiger partial charge in [0.25, 0.3) is 0 Å². The standard InChI is InChI=1S/C18H15NO3/c1-22-18(21)14-8-6-13(7-9-14)17(20)16-11-10-12-4-2-3-5-15(12)19-16/h2-11,17,20H,1H3/t17-/m1/s1. The van der Waals surface area contributed by atoms with Crippen LogP contribution in [0.4, 0.5) is 0 Å². The molecule has 1 aromatic heterocycles. The normalized spacial score (nSPS) is 12.1. The maximum absolute atomic E-state index is 11.4. The molecule has 110 valence electrons. The van der Waals surface area contributed by atoms with Crippen LogP contribution in [0.15, 0.2) is 60.7 Å². The Morgan fingerprint density at radius 2 is 1.77 bits per heavy atom. The molecule has 22 heavy (non-hydrogen) atoms. The first-order valence-electron chi connectivity index (χ1n) is 6.91. The van der Waals surface area contributed by atoms with Crippen molar-refractivity contribution in [2.24, 2.45) is 0 Å². The number of methoxy groups -OCH3 is 1. The zero-order chi connectivity index (χ0) is 15.5. The summed E-state index contributed by atoms with van der Waals surface area (Å²) in [5.41, 5.74) is 2.54. The molecule has 0 saturated heterocycles. The summed E-state index contributed by atoms with van der Waals surface area (Å²) in [4.78, 5) is 15.9. The molecule has 0 aliphatic heterocycles. The van der Waals surface area contributed by atoms with Gasteiger partial charge in [-0.05, 0) is 29.8 Å². The van der Waals surface area contributed by atoms with E-state index in [1.165, 1.54) is 7.11 Å². The van der Waals surface area contributed by atoms with E-state index in [1.54, 1.807) is 30.3 Å². The number of benzene rings is 2. The summed E-state index contributed by atoms with van der Waals surface area (Å²) in [7, 11) is 1.34. The molecule has 0 bridgehead atoms. The number of esters is 1. The first-order valence-corrected chi connectivity index (χ1v) is 6.91. The van der Waals surface area contributed by atoms with Crippen molar-refractivity contribution in [3.8, 4) is 0 Å². The fourth-order valence-electron chi connectivity index (χ4n) is 2.32. The Labute approximate surface area is 128 Å². The number of aromatic nitrogens is 1. The van der Waals surface area contributed by atoms with Crippen LogP contribution in [0.3, 0.4) is 0 Å². The van der Waals surface area contributed by atoms with Crippen LogP contribution in [0.5, 0.6) is 0 Å². The number of hydrogen-bond donors (Lipinski definition) is 1. The summed E-state index contributed by atoms with van der Waals surface area (Å²) in [5, 5.41) is 11.5. The molecule has 0 aliphatic carbocycles. The Morgan fingerprint density at radius 1 is 1.05 bits per heavy atom. The second kappa shape index (κ2) is 5.95. The highest BCUT2D eigenvalue weighted by atomic mass is 16.5. The second-order valence-corrected chi connectivity index (χ2v) is 4.94. The number of pyridine rings is 1. The molecule has 0 amide bonds. The highest BCUT2D eigenvalue weighted by molar-refractivity contribution is 5.89. The number of para-hydroxylation sites is 1. The summed E-state index contributed by atoms with van der Waals surface area (Å²) < 4.78 is 4.66. The molecule has 0 aliphatic rings. The molecule has 0 unspecified atom stereocenters. The molecule has 4 nitrogen and oxygen atoms in total. The van der Waals surface area contributed by atoms with Crippen LogP contribution in [0.2, 0.25) is 0 Å². The molecule has 1 heterocycles. The summed E-state index contributed by atoms with van der Waals surface area (Å²) in [6.07, 6.45) is -0.837. The minimum atomic E-state index is -0.837. The Hall–Kier alpha value is -2.72. The van der Waals surface area contributed by atoms with E-state index in [0.717, 1.165) is 10.9 Å². The number of ether oxygens (including phenoxy) is 1. The van der Waals surface area contributed by atoms with Crippen LogP contribution in [-0.4, -0.2) is 23.2 Å². The van der Waals surface area contributed by atoms with E-state index >= 15 is 0 Å². The summed E-state index contributed by atoms with van der Waals surface area (Å²) in [6.45, 7) is 0. The lowest BCUT2D eigenvalue weighted by molar-refractivity contribution is 0.0600. The third-order valence-electron chi connectivity index (χ3n) is 3.55. The van der Waals surface area contributed by atoms with Gasteiger partial charge in [-0.1, -0.05) is 36.4 Å². The lowest BCUT2D eigenvalue weighted by atomic mass is 10.0. The highest BCUT2D eigenvalue weighted by Crippen LogP contribution is 2.23. The van der Waals surface area contributed by atoms with Crippen molar-refractivity contribution in [2.75, 3.05) is 7.11 Å². The van der Waals surface area contributed by atoms with Gasteiger partial charge in [0.05, 0.1) is 23.9 Å². The average molecular weight is 293 g/mol. The third-order valence-corrected chi connectivity index (χ3v) is 3.55. The van der Waals surface area contributed by atoms with Crippen LogP contribution in [0.25, 0.3) is 10.9 Å². The van der Waals surface area contributed by atoms with Gasteiger partial charge in [0.15, 0.2) is 0 Å². The minimum Gasteiger partial charge on any atom is -0.465 e. The first kappa shape index (κ1) is 14.2. The number of carbonyl (C=O) groups excluding carboxylic acids is 1. The monoisotopic (exact) mass is 293 g/mol. The zero-order valence-electron chi connectivity index (χ0n) is 12.1. The summed E-state index contributed by atoms with van der Waals surface area (Å²) >= 11 is 0. The Kier molecular flexibility index (Phi) is 3.85. The number of nitrogens with zero attached hydrogens (tertiary/aromatic N) is 1. The summed E-state index contributed by atoms with van der Waals surface area (Å²) in [6, 6.07) is 18.2. The molecule has 0 fully saturated rings. The number of fused-ring (bicyclic) bond motifs is 1. The van der Waals surface area contributed by atoms with Gasteiger partial charge in [0, 0.05) is 5.39 Å². The first-order chi connectivity index (χ1) is 10.7. The van der Waals surface area contributed by atoms with Gasteiger partial charge in [-0.3, -0.25) is 0 Å². The smallest absolute Gasteiger partial charge is 0.337 e. The molecule has 0 saturated carbocycles. The van der Waals surface area contributed by atoms with Gasteiger partial charge in [-0.15, -0.1) is 0 Å². The Balaban J connectivity index is 1.91. The van der Waals surface area contributed by atoms with E-state index in [0.29, 0.717) is 16.8 Å². The Bertz CT molecular complexity index is 812. The molecule has 1 N–H and O–H groups in total. The SMILES string of the molecule is COC(=O)c1ccc([C@@H](O)c2ccc3ccccc3n2)cc1. The van der Waals surface area contributed by atoms with Crippen LogP contribution in [0.1, 0.15) is 27.7 Å². The van der Waals surface area contributed by atoms with Crippen molar-refractivity contribution < 1.29 is 14.6 Å². The molecule has 0 radical (unpaired) electrons. The number of aliphatic hydroxyl groups excluding tert-OH is 1. The second-order valence-electron chi connectivity index (χ2n) is 4.94. The fraction of sp³-hybridized carbons (Fsp3) is 0.111. The number of hydrogen-bond acceptors (Lipinski definition) is 4. The molecular formula is C18H15NO3. The lowest BCUT2D eigenvalue weighted by Crippen LogP contribution is -2.05. The molecule has 4 heteroatoms. The zero-order valence-corrected chi connectivity index (χ0v) is 12.1. The molecule has 3 rings (SSSR count). The largest absolute Gasteiger partial charge is 0.465 e. The predicted molar refractivity (Wildman–Crippen MR) is 83.6 cm³/mol. The van der Waals surface area contributed by atoms with Crippen LogP contribution in [0, 0.1) is 0 Å². The maximum Gasteiger partial charge on any atom is 0.337 e. The quantitative estimate of drug-likeness (QED) is 0.754. The van der Waals surface area contributed by atoms with Crippen LogP contribution >= 0.6 is 0 Å². The maximum atomic E-state index is 11.4. The van der Waals surface area contributed by atoms with E-state index in [9.17, 15) is 9.90 Å². The number of rotatable bonds is 3. The van der Waals surface area contributed by atoms with Gasteiger partial charge in [0.2, 0.25) is 0 Å². The molecule has 1 atom stereocenters. The molecule has 3 aromatic rings. The highest BCUT2D eigenvalue weighted by Gasteiger charge is 2.13. The van der Waals surface area contributed by atoms with Crippen LogP contribution in [-0.2, 0) is 4.74 Å². The third kappa shape index (κ3) is 2.69. The minimum absolute atomic E-state index is 0.398. The van der Waals surface area contributed by atoms with Crippen molar-refractivity contribution in [1.82, 2.24) is 4.98 Å². The van der Waals surface area contributed by atoms with Crippen molar-refractivity contribution in [3.63, 3.8) is 0 Å². The average Bonchev–Trinajstić information content (AvgIpc) is 2.60. The van der Waals surface area contributed by atoms with Gasteiger partial charge in [0.1, 0.15) is 6.10 Å². The lowest BCUT2D eigenvalue weighted by Gasteiger charge is -2.12. The van der Waals surface area contributed by atoms with Gasteiger partial charge >= 0.3 is 5.97 Å². The van der Waals surface area contributed by atoms with E-state index < -0.39 is 12.1 Å². The predicted octanol–water partition coefficient (Wildman–Crippen LogP) is 3.10. The van der Waals surface area contributed by atoms with E-state index in [4.69, 9.17) is 0 Å².